The lowest BCUT2D eigenvalue weighted by atomic mass is 9.96. The minimum atomic E-state index is -5.04. The second kappa shape index (κ2) is 9.70. The maximum atomic E-state index is 13.1. The second-order valence-corrected chi connectivity index (χ2v) is 7.50. The van der Waals surface area contributed by atoms with Crippen molar-refractivity contribution in [2.75, 3.05) is 0 Å². The third-order valence-corrected chi connectivity index (χ3v) is 5.02. The Labute approximate surface area is 181 Å². The predicted octanol–water partition coefficient (Wildman–Crippen LogP) is 6.36. The van der Waals surface area contributed by atoms with Crippen molar-refractivity contribution in [3.05, 3.63) is 58.9 Å². The van der Waals surface area contributed by atoms with Crippen molar-refractivity contribution in [1.29, 1.82) is 0 Å². The van der Waals surface area contributed by atoms with Gasteiger partial charge in [0.25, 0.3) is 5.91 Å². The fraction of sp³-hybridized carbons (Fsp3) is 0.409. The number of hydrogen-bond donors (Lipinski definition) is 1. The quantitative estimate of drug-likeness (QED) is 0.403. The van der Waals surface area contributed by atoms with Crippen LogP contribution in [0.3, 0.4) is 0 Å². The number of nitrogens with zero attached hydrogens (tertiary/aromatic N) is 2. The van der Waals surface area contributed by atoms with E-state index in [1.165, 1.54) is 6.20 Å². The minimum Gasteiger partial charge on any atom is -0.344 e. The van der Waals surface area contributed by atoms with Crippen LogP contribution in [0.1, 0.15) is 54.2 Å². The maximum Gasteiger partial charge on any atom is 0.416 e. The number of rotatable bonds is 6. The summed E-state index contributed by atoms with van der Waals surface area (Å²) in [5.41, 5.74) is -1.92. The number of aliphatic imine (C=N–C) groups is 1. The van der Waals surface area contributed by atoms with Gasteiger partial charge in [-0.25, -0.2) is 0 Å². The first-order chi connectivity index (χ1) is 14.7. The molecular weight excluding hydrogens is 436 g/mol. The summed E-state index contributed by atoms with van der Waals surface area (Å²) < 4.78 is 78.6. The van der Waals surface area contributed by atoms with E-state index in [9.17, 15) is 31.1 Å². The molecule has 1 heterocycles. The van der Waals surface area contributed by atoms with Gasteiger partial charge in [0.05, 0.1) is 29.1 Å². The Morgan fingerprint density at radius 1 is 1.06 bits per heavy atom. The van der Waals surface area contributed by atoms with Crippen molar-refractivity contribution in [3.8, 4) is 0 Å². The van der Waals surface area contributed by atoms with E-state index in [0.717, 1.165) is 5.56 Å². The van der Waals surface area contributed by atoms with Gasteiger partial charge in [-0.3, -0.25) is 14.8 Å². The lowest BCUT2D eigenvalue weighted by Crippen LogP contribution is -2.41. The number of halogens is 6. The summed E-state index contributed by atoms with van der Waals surface area (Å²) in [6, 6.07) is 1.79. The van der Waals surface area contributed by atoms with Crippen LogP contribution in [0, 0.1) is 12.8 Å². The van der Waals surface area contributed by atoms with E-state index in [1.54, 1.807) is 19.2 Å². The Bertz CT molecular complexity index is 966. The molecule has 0 spiro atoms. The summed E-state index contributed by atoms with van der Waals surface area (Å²) in [5.74, 6) is -1.18. The summed E-state index contributed by atoms with van der Waals surface area (Å²) >= 11 is 0. The summed E-state index contributed by atoms with van der Waals surface area (Å²) in [6.45, 7) is 7.15. The third kappa shape index (κ3) is 6.30. The zero-order valence-corrected chi connectivity index (χ0v) is 17.9. The van der Waals surface area contributed by atoms with Gasteiger partial charge in [-0.2, -0.15) is 26.3 Å². The standard InChI is InChI=1S/C22H23F6N3O/c1-5-12(2)19(31-18-11-29-7-6-13(18)3)14(4)30-20(32)15-8-16(21(23,24)25)10-17(9-15)22(26,27)28/h6-12,14H,5H2,1-4H3,(H,30,32). The molecule has 1 amide bonds. The zero-order chi connectivity index (χ0) is 24.3. The Balaban J connectivity index is 2.42. The van der Waals surface area contributed by atoms with Crippen LogP contribution in [-0.4, -0.2) is 22.6 Å². The van der Waals surface area contributed by atoms with Crippen LogP contribution in [0.15, 0.2) is 41.7 Å². The van der Waals surface area contributed by atoms with Crippen LogP contribution in [0.5, 0.6) is 0 Å². The molecule has 0 aliphatic heterocycles. The van der Waals surface area contributed by atoms with E-state index < -0.39 is 41.0 Å². The first-order valence-electron chi connectivity index (χ1n) is 9.83. The van der Waals surface area contributed by atoms with Gasteiger partial charge >= 0.3 is 12.4 Å². The molecule has 0 fully saturated rings. The normalized spacial score (nSPS) is 14.8. The molecule has 2 aromatic rings. The molecule has 0 bridgehead atoms. The highest BCUT2D eigenvalue weighted by molar-refractivity contribution is 6.00. The van der Waals surface area contributed by atoms with E-state index in [1.807, 2.05) is 20.8 Å². The van der Waals surface area contributed by atoms with Crippen LogP contribution >= 0.6 is 0 Å². The number of carbonyl (C=O) groups excluding carboxylic acids is 1. The van der Waals surface area contributed by atoms with Crippen molar-refractivity contribution in [1.82, 2.24) is 10.3 Å². The monoisotopic (exact) mass is 459 g/mol. The van der Waals surface area contributed by atoms with E-state index >= 15 is 0 Å². The van der Waals surface area contributed by atoms with Gasteiger partial charge in [0.15, 0.2) is 0 Å². The summed E-state index contributed by atoms with van der Waals surface area (Å²) in [5, 5.41) is 2.48. The molecule has 0 saturated carbocycles. The van der Waals surface area contributed by atoms with Crippen molar-refractivity contribution in [2.24, 2.45) is 10.9 Å². The number of benzene rings is 1. The molecule has 2 atom stereocenters. The van der Waals surface area contributed by atoms with Gasteiger partial charge in [-0.15, -0.1) is 0 Å². The van der Waals surface area contributed by atoms with Gasteiger partial charge in [0.2, 0.25) is 0 Å². The van der Waals surface area contributed by atoms with Crippen molar-refractivity contribution >= 4 is 17.3 Å². The van der Waals surface area contributed by atoms with Gasteiger partial charge < -0.3 is 5.32 Å². The summed E-state index contributed by atoms with van der Waals surface area (Å²) in [7, 11) is 0. The summed E-state index contributed by atoms with van der Waals surface area (Å²) in [6.07, 6.45) is -6.30. The van der Waals surface area contributed by atoms with E-state index in [4.69, 9.17) is 0 Å². The van der Waals surface area contributed by atoms with Crippen molar-refractivity contribution in [3.63, 3.8) is 0 Å². The van der Waals surface area contributed by atoms with Crippen molar-refractivity contribution < 1.29 is 31.1 Å². The van der Waals surface area contributed by atoms with Gasteiger partial charge in [0.1, 0.15) is 0 Å². The number of hydrogen-bond acceptors (Lipinski definition) is 3. The van der Waals surface area contributed by atoms with Crippen LogP contribution in [0.25, 0.3) is 0 Å². The first-order valence-corrected chi connectivity index (χ1v) is 9.83. The lowest BCUT2D eigenvalue weighted by molar-refractivity contribution is -0.143. The smallest absolute Gasteiger partial charge is 0.344 e. The average molecular weight is 459 g/mol. The predicted molar refractivity (Wildman–Crippen MR) is 109 cm³/mol. The largest absolute Gasteiger partial charge is 0.416 e. The molecular formula is C22H23F6N3O. The number of carbonyl (C=O) groups is 1. The molecule has 0 aliphatic carbocycles. The molecule has 0 radical (unpaired) electrons. The summed E-state index contributed by atoms with van der Waals surface area (Å²) in [4.78, 5) is 21.2. The van der Waals surface area contributed by atoms with Crippen molar-refractivity contribution in [2.45, 2.75) is 52.5 Å². The SMILES string of the molecule is CCC(C)C(=Nc1cnccc1C)C(C)NC(=O)c1cc(C(F)(F)F)cc(C(F)(F)F)c1. The number of nitrogens with one attached hydrogen (secondary N) is 1. The van der Waals surface area contributed by atoms with Crippen LogP contribution in [-0.2, 0) is 12.4 Å². The third-order valence-electron chi connectivity index (χ3n) is 5.02. The Morgan fingerprint density at radius 3 is 2.09 bits per heavy atom. The van der Waals surface area contributed by atoms with Crippen LogP contribution < -0.4 is 5.32 Å². The lowest BCUT2D eigenvalue weighted by Gasteiger charge is -2.22. The van der Waals surface area contributed by atoms with Gasteiger partial charge in [-0.05, 0) is 56.0 Å². The maximum absolute atomic E-state index is 13.1. The molecule has 2 rings (SSSR count). The molecule has 0 saturated heterocycles. The highest BCUT2D eigenvalue weighted by Crippen LogP contribution is 2.36. The molecule has 1 aromatic carbocycles. The number of aromatic nitrogens is 1. The average Bonchev–Trinajstić information content (AvgIpc) is 2.70. The fourth-order valence-corrected chi connectivity index (χ4v) is 2.99. The molecule has 0 aliphatic rings. The highest BCUT2D eigenvalue weighted by Gasteiger charge is 2.37. The van der Waals surface area contributed by atoms with Crippen LogP contribution in [0.2, 0.25) is 0 Å². The fourth-order valence-electron chi connectivity index (χ4n) is 2.99. The topological polar surface area (TPSA) is 54.4 Å². The number of pyridine rings is 1. The zero-order valence-electron chi connectivity index (χ0n) is 17.9. The van der Waals surface area contributed by atoms with Crippen LogP contribution in [0.4, 0.5) is 32.0 Å². The Kier molecular flexibility index (Phi) is 7.69. The van der Waals surface area contributed by atoms with E-state index in [0.29, 0.717) is 30.0 Å². The molecule has 174 valence electrons. The number of alkyl halides is 6. The molecule has 10 heteroatoms. The Hall–Kier alpha value is -2.91. The Morgan fingerprint density at radius 2 is 1.62 bits per heavy atom. The molecule has 32 heavy (non-hydrogen) atoms. The van der Waals surface area contributed by atoms with Gasteiger partial charge in [0, 0.05) is 17.5 Å². The second-order valence-electron chi connectivity index (χ2n) is 7.50. The van der Waals surface area contributed by atoms with E-state index in [-0.39, 0.29) is 12.0 Å². The van der Waals surface area contributed by atoms with E-state index in [2.05, 4.69) is 15.3 Å². The minimum absolute atomic E-state index is 0.0164. The molecule has 1 N–H and O–H groups in total. The molecule has 4 nitrogen and oxygen atoms in total. The van der Waals surface area contributed by atoms with Gasteiger partial charge in [-0.1, -0.05) is 13.8 Å². The first kappa shape index (κ1) is 25.4. The number of amides is 1. The number of aryl methyl sites for hydroxylation is 1. The highest BCUT2D eigenvalue weighted by atomic mass is 19.4. The molecule has 2 unspecified atom stereocenters. The molecule has 1 aromatic heterocycles.